The average Bonchev–Trinajstić information content (AvgIpc) is 2.61. The molecular formula is C18H16FN3O6. The van der Waals surface area contributed by atoms with Crippen LogP contribution in [0.25, 0.3) is 0 Å². The van der Waals surface area contributed by atoms with E-state index in [2.05, 4.69) is 10.6 Å². The number of amides is 2. The maximum Gasteiger partial charge on any atom is 0.326 e. The van der Waals surface area contributed by atoms with Gasteiger partial charge in [0.1, 0.15) is 6.04 Å². The van der Waals surface area contributed by atoms with Crippen molar-refractivity contribution in [3.05, 3.63) is 69.5 Å². The van der Waals surface area contributed by atoms with Crippen molar-refractivity contribution >= 4 is 29.2 Å². The Morgan fingerprint density at radius 3 is 2.54 bits per heavy atom. The van der Waals surface area contributed by atoms with Crippen LogP contribution < -0.4 is 10.6 Å². The van der Waals surface area contributed by atoms with E-state index in [9.17, 15) is 34.0 Å². The summed E-state index contributed by atoms with van der Waals surface area (Å²) >= 11 is 0. The van der Waals surface area contributed by atoms with Gasteiger partial charge in [-0.3, -0.25) is 19.7 Å². The lowest BCUT2D eigenvalue weighted by atomic mass is 10.0. The second-order valence-electron chi connectivity index (χ2n) is 5.87. The number of nitrogens with zero attached hydrogens (tertiary/aromatic N) is 1. The number of benzene rings is 2. The third-order valence-electron chi connectivity index (χ3n) is 3.70. The van der Waals surface area contributed by atoms with Crippen molar-refractivity contribution in [1.82, 2.24) is 5.32 Å². The van der Waals surface area contributed by atoms with Crippen LogP contribution in [-0.4, -0.2) is 33.9 Å². The van der Waals surface area contributed by atoms with Gasteiger partial charge in [-0.1, -0.05) is 12.1 Å². The number of anilines is 1. The molecule has 2 amide bonds. The number of carboxylic acids is 1. The maximum absolute atomic E-state index is 13.4. The molecule has 2 aromatic rings. The van der Waals surface area contributed by atoms with E-state index in [1.807, 2.05) is 0 Å². The minimum Gasteiger partial charge on any atom is -0.480 e. The third-order valence-corrected chi connectivity index (χ3v) is 3.70. The molecule has 0 aliphatic carbocycles. The molecule has 2 rings (SSSR count). The summed E-state index contributed by atoms with van der Waals surface area (Å²) < 4.78 is 13.4. The molecule has 2 aromatic carbocycles. The van der Waals surface area contributed by atoms with Crippen molar-refractivity contribution in [2.24, 2.45) is 0 Å². The highest BCUT2D eigenvalue weighted by Gasteiger charge is 2.23. The van der Waals surface area contributed by atoms with Gasteiger partial charge in [-0.25, -0.2) is 4.79 Å². The summed E-state index contributed by atoms with van der Waals surface area (Å²) in [4.78, 5) is 44.8. The van der Waals surface area contributed by atoms with Crippen molar-refractivity contribution in [1.29, 1.82) is 0 Å². The van der Waals surface area contributed by atoms with Gasteiger partial charge in [-0.2, -0.15) is 4.39 Å². The molecule has 0 aromatic heterocycles. The van der Waals surface area contributed by atoms with Gasteiger partial charge in [0.25, 0.3) is 5.91 Å². The van der Waals surface area contributed by atoms with E-state index in [-0.39, 0.29) is 23.5 Å². The van der Waals surface area contributed by atoms with Crippen LogP contribution in [0.2, 0.25) is 0 Å². The number of aliphatic carboxylic acids is 1. The molecule has 28 heavy (non-hydrogen) atoms. The standard InChI is InChI=1S/C18H16FN3O6/c1-10(23)20-13-4-2-3-12(9-13)17(24)21-15(18(25)26)7-11-5-6-14(19)16(8-11)22(27)28/h2-6,8-9,15H,7H2,1H3,(H,20,23)(H,21,24)(H,25,26)/t15-/m0/s1. The molecule has 9 nitrogen and oxygen atoms in total. The van der Waals surface area contributed by atoms with Gasteiger partial charge in [0, 0.05) is 30.7 Å². The Morgan fingerprint density at radius 2 is 1.93 bits per heavy atom. The number of nitro benzene ring substituents is 1. The van der Waals surface area contributed by atoms with Crippen LogP contribution in [-0.2, 0) is 16.0 Å². The normalized spacial score (nSPS) is 11.4. The molecule has 0 fully saturated rings. The van der Waals surface area contributed by atoms with Crippen molar-refractivity contribution in [2.75, 3.05) is 5.32 Å². The van der Waals surface area contributed by atoms with Crippen molar-refractivity contribution in [2.45, 2.75) is 19.4 Å². The lowest BCUT2D eigenvalue weighted by Crippen LogP contribution is -2.42. The summed E-state index contributed by atoms with van der Waals surface area (Å²) in [7, 11) is 0. The number of carbonyl (C=O) groups excluding carboxylic acids is 2. The average molecular weight is 389 g/mol. The first-order chi connectivity index (χ1) is 13.2. The lowest BCUT2D eigenvalue weighted by molar-refractivity contribution is -0.387. The number of halogens is 1. The molecule has 146 valence electrons. The van der Waals surface area contributed by atoms with E-state index in [1.54, 1.807) is 6.07 Å². The monoisotopic (exact) mass is 389 g/mol. The van der Waals surface area contributed by atoms with E-state index in [0.29, 0.717) is 5.69 Å². The highest BCUT2D eigenvalue weighted by molar-refractivity contribution is 5.98. The third kappa shape index (κ3) is 5.34. The zero-order valence-corrected chi connectivity index (χ0v) is 14.6. The molecule has 0 saturated heterocycles. The Balaban J connectivity index is 2.18. The Morgan fingerprint density at radius 1 is 1.21 bits per heavy atom. The highest BCUT2D eigenvalue weighted by Crippen LogP contribution is 2.19. The number of carbonyl (C=O) groups is 3. The Bertz CT molecular complexity index is 947. The molecule has 0 saturated carbocycles. The Kier molecular flexibility index (Phi) is 6.38. The van der Waals surface area contributed by atoms with E-state index in [0.717, 1.165) is 12.1 Å². The molecule has 0 heterocycles. The molecule has 0 aliphatic rings. The number of rotatable bonds is 7. The molecule has 3 N–H and O–H groups in total. The van der Waals surface area contributed by atoms with Gasteiger partial charge >= 0.3 is 11.7 Å². The minimum atomic E-state index is -1.40. The second-order valence-corrected chi connectivity index (χ2v) is 5.87. The van der Waals surface area contributed by atoms with Gasteiger partial charge in [0.15, 0.2) is 0 Å². The summed E-state index contributed by atoms with van der Waals surface area (Å²) in [5, 5.41) is 25.0. The van der Waals surface area contributed by atoms with Crippen LogP contribution in [0.1, 0.15) is 22.8 Å². The number of hydrogen-bond donors (Lipinski definition) is 3. The van der Waals surface area contributed by atoms with Gasteiger partial charge in [-0.15, -0.1) is 0 Å². The van der Waals surface area contributed by atoms with Crippen LogP contribution in [0.4, 0.5) is 15.8 Å². The minimum absolute atomic E-state index is 0.114. The summed E-state index contributed by atoms with van der Waals surface area (Å²) in [6.45, 7) is 1.30. The summed E-state index contributed by atoms with van der Waals surface area (Å²) in [6.07, 6.45) is -0.284. The highest BCUT2D eigenvalue weighted by atomic mass is 19.1. The molecule has 0 bridgehead atoms. The van der Waals surface area contributed by atoms with Crippen LogP contribution in [0.5, 0.6) is 0 Å². The van der Waals surface area contributed by atoms with E-state index >= 15 is 0 Å². The van der Waals surface area contributed by atoms with Gasteiger partial charge in [-0.05, 0) is 29.8 Å². The fraction of sp³-hybridized carbons (Fsp3) is 0.167. The lowest BCUT2D eigenvalue weighted by Gasteiger charge is -2.15. The second kappa shape index (κ2) is 8.71. The fourth-order valence-electron chi connectivity index (χ4n) is 2.44. The van der Waals surface area contributed by atoms with Crippen LogP contribution in [0.3, 0.4) is 0 Å². The fourth-order valence-corrected chi connectivity index (χ4v) is 2.44. The summed E-state index contributed by atoms with van der Waals surface area (Å²) in [5.74, 6) is -3.45. The quantitative estimate of drug-likeness (QED) is 0.490. The number of nitrogens with one attached hydrogen (secondary N) is 2. The molecule has 0 radical (unpaired) electrons. The first kappa shape index (κ1) is 20.5. The largest absolute Gasteiger partial charge is 0.480 e. The Labute approximate surface area is 158 Å². The summed E-state index contributed by atoms with van der Waals surface area (Å²) in [6, 6.07) is 7.48. The van der Waals surface area contributed by atoms with Crippen molar-refractivity contribution < 1.29 is 28.8 Å². The van der Waals surface area contributed by atoms with E-state index in [4.69, 9.17) is 0 Å². The number of hydrogen-bond acceptors (Lipinski definition) is 5. The zero-order valence-electron chi connectivity index (χ0n) is 14.6. The first-order valence-electron chi connectivity index (χ1n) is 8.01. The predicted octanol–water partition coefficient (Wildman–Crippen LogP) is 2.12. The molecule has 10 heteroatoms. The Hall–Kier alpha value is -3.82. The molecule has 0 unspecified atom stereocenters. The van der Waals surface area contributed by atoms with Gasteiger partial charge in [0.05, 0.1) is 4.92 Å². The molecule has 0 spiro atoms. The van der Waals surface area contributed by atoms with Gasteiger partial charge in [0.2, 0.25) is 11.7 Å². The smallest absolute Gasteiger partial charge is 0.326 e. The molecular weight excluding hydrogens is 373 g/mol. The predicted molar refractivity (Wildman–Crippen MR) is 96.4 cm³/mol. The summed E-state index contributed by atoms with van der Waals surface area (Å²) in [5.41, 5.74) is -0.132. The van der Waals surface area contributed by atoms with Gasteiger partial charge < -0.3 is 15.7 Å². The number of nitro groups is 1. The molecule has 1 atom stereocenters. The maximum atomic E-state index is 13.4. The molecule has 0 aliphatic heterocycles. The SMILES string of the molecule is CC(=O)Nc1cccc(C(=O)N[C@@H](Cc2ccc(F)c([N+](=O)[O-])c2)C(=O)O)c1. The zero-order chi connectivity index (χ0) is 20.8. The topological polar surface area (TPSA) is 139 Å². The van der Waals surface area contributed by atoms with Crippen molar-refractivity contribution in [3.63, 3.8) is 0 Å². The van der Waals surface area contributed by atoms with Crippen LogP contribution in [0.15, 0.2) is 42.5 Å². The van der Waals surface area contributed by atoms with Crippen LogP contribution in [0, 0.1) is 15.9 Å². The van der Waals surface area contributed by atoms with E-state index in [1.165, 1.54) is 31.2 Å². The van der Waals surface area contributed by atoms with Crippen LogP contribution >= 0.6 is 0 Å². The first-order valence-corrected chi connectivity index (χ1v) is 8.01. The van der Waals surface area contributed by atoms with Crippen molar-refractivity contribution in [3.8, 4) is 0 Å². The number of carboxylic acid groups (broad SMARTS) is 1. The van der Waals surface area contributed by atoms with E-state index < -0.39 is 34.3 Å².